The van der Waals surface area contributed by atoms with Crippen molar-refractivity contribution in [2.75, 3.05) is 49.5 Å². The maximum atomic E-state index is 9.01. The first-order chi connectivity index (χ1) is 11.3. The summed E-state index contributed by atoms with van der Waals surface area (Å²) in [7, 11) is 0. The summed E-state index contributed by atoms with van der Waals surface area (Å²) in [5.74, 6) is 1.81. The Bertz CT molecular complexity index is 468. The molecule has 3 rings (SSSR count). The molecule has 23 heavy (non-hydrogen) atoms. The quantitative estimate of drug-likeness (QED) is 0.862. The Morgan fingerprint density at radius 3 is 2.52 bits per heavy atom. The third-order valence-electron chi connectivity index (χ3n) is 4.91. The van der Waals surface area contributed by atoms with Crippen LogP contribution in [0.1, 0.15) is 38.5 Å². The molecule has 0 bridgehead atoms. The smallest absolute Gasteiger partial charge is 0.224 e. The van der Waals surface area contributed by atoms with Gasteiger partial charge in [-0.1, -0.05) is 12.8 Å². The number of hydrogen-bond acceptors (Lipinski definition) is 6. The fourth-order valence-corrected chi connectivity index (χ4v) is 3.52. The van der Waals surface area contributed by atoms with Gasteiger partial charge in [0.2, 0.25) is 5.95 Å². The Hall–Kier alpha value is -1.40. The number of anilines is 2. The minimum atomic E-state index is 0.249. The molecule has 0 radical (unpaired) electrons. The SMILES string of the molecule is OCCN1CCC(Nc2nccc(N3CCCCCC3)n2)CC1. The molecule has 0 aromatic carbocycles. The molecule has 0 spiro atoms. The Morgan fingerprint density at radius 1 is 1.09 bits per heavy atom. The van der Waals surface area contributed by atoms with Crippen LogP contribution in [0.5, 0.6) is 0 Å². The molecule has 0 saturated carbocycles. The van der Waals surface area contributed by atoms with E-state index < -0.39 is 0 Å². The van der Waals surface area contributed by atoms with Crippen molar-refractivity contribution in [3.8, 4) is 0 Å². The van der Waals surface area contributed by atoms with E-state index >= 15 is 0 Å². The lowest BCUT2D eigenvalue weighted by molar-refractivity contribution is 0.168. The van der Waals surface area contributed by atoms with Gasteiger partial charge in [-0.2, -0.15) is 4.98 Å². The van der Waals surface area contributed by atoms with Gasteiger partial charge in [0.05, 0.1) is 6.61 Å². The first-order valence-electron chi connectivity index (χ1n) is 9.03. The summed E-state index contributed by atoms with van der Waals surface area (Å²) in [6.07, 6.45) is 9.22. The number of hydrogen-bond donors (Lipinski definition) is 2. The predicted molar refractivity (Wildman–Crippen MR) is 92.9 cm³/mol. The summed E-state index contributed by atoms with van der Waals surface area (Å²) in [5, 5.41) is 12.5. The Morgan fingerprint density at radius 2 is 1.83 bits per heavy atom. The zero-order valence-electron chi connectivity index (χ0n) is 14.0. The Balaban J connectivity index is 1.55. The maximum absolute atomic E-state index is 9.01. The van der Waals surface area contributed by atoms with E-state index in [1.807, 2.05) is 12.3 Å². The van der Waals surface area contributed by atoms with Gasteiger partial charge >= 0.3 is 0 Å². The summed E-state index contributed by atoms with van der Waals surface area (Å²) in [4.78, 5) is 13.8. The van der Waals surface area contributed by atoms with E-state index in [0.717, 1.165) is 57.3 Å². The van der Waals surface area contributed by atoms with Crippen LogP contribution in [0.25, 0.3) is 0 Å². The van der Waals surface area contributed by atoms with Crippen molar-refractivity contribution >= 4 is 11.8 Å². The fraction of sp³-hybridized carbons (Fsp3) is 0.765. The highest BCUT2D eigenvalue weighted by Gasteiger charge is 2.19. The molecular weight excluding hydrogens is 290 g/mol. The molecule has 6 heteroatoms. The average Bonchev–Trinajstić information content (AvgIpc) is 2.87. The molecular formula is C17H29N5O. The third kappa shape index (κ3) is 4.78. The molecule has 2 saturated heterocycles. The standard InChI is InChI=1S/C17H29N5O/c23-14-13-21-11-6-15(7-12-21)19-17-18-8-5-16(20-17)22-9-3-1-2-4-10-22/h5,8,15,23H,1-4,6-7,9-14H2,(H,18,19,20). The van der Waals surface area contributed by atoms with Crippen LogP contribution in [0.3, 0.4) is 0 Å². The molecule has 0 unspecified atom stereocenters. The maximum Gasteiger partial charge on any atom is 0.224 e. The number of aliphatic hydroxyl groups excluding tert-OH is 1. The molecule has 1 aromatic rings. The zero-order chi connectivity index (χ0) is 15.9. The molecule has 128 valence electrons. The second-order valence-corrected chi connectivity index (χ2v) is 6.62. The van der Waals surface area contributed by atoms with Crippen LogP contribution in [-0.4, -0.2) is 65.3 Å². The van der Waals surface area contributed by atoms with Gasteiger partial charge in [-0.3, -0.25) is 0 Å². The number of nitrogens with one attached hydrogen (secondary N) is 1. The summed E-state index contributed by atoms with van der Waals surface area (Å²) < 4.78 is 0. The highest BCUT2D eigenvalue weighted by atomic mass is 16.3. The van der Waals surface area contributed by atoms with Crippen LogP contribution in [-0.2, 0) is 0 Å². The Kier molecular flexibility index (Phi) is 6.05. The molecule has 1 aromatic heterocycles. The average molecular weight is 319 g/mol. The molecule has 0 amide bonds. The molecule has 6 nitrogen and oxygen atoms in total. The van der Waals surface area contributed by atoms with Crippen LogP contribution in [0, 0.1) is 0 Å². The number of piperidine rings is 1. The molecule has 2 aliphatic heterocycles. The van der Waals surface area contributed by atoms with Crippen LogP contribution < -0.4 is 10.2 Å². The van der Waals surface area contributed by atoms with Gasteiger partial charge in [0.1, 0.15) is 5.82 Å². The van der Waals surface area contributed by atoms with Crippen molar-refractivity contribution in [2.24, 2.45) is 0 Å². The van der Waals surface area contributed by atoms with Crippen LogP contribution in [0.2, 0.25) is 0 Å². The van der Waals surface area contributed by atoms with Gasteiger partial charge in [0, 0.05) is 45.0 Å². The Labute approximate surface area is 138 Å². The number of nitrogens with zero attached hydrogens (tertiary/aromatic N) is 4. The van der Waals surface area contributed by atoms with Crippen LogP contribution in [0.4, 0.5) is 11.8 Å². The largest absolute Gasteiger partial charge is 0.395 e. The molecule has 0 aliphatic carbocycles. The van der Waals surface area contributed by atoms with Crippen molar-refractivity contribution in [3.63, 3.8) is 0 Å². The number of rotatable bonds is 5. The summed E-state index contributed by atoms with van der Waals surface area (Å²) in [5.41, 5.74) is 0. The van der Waals surface area contributed by atoms with E-state index in [4.69, 9.17) is 10.1 Å². The van der Waals surface area contributed by atoms with Crippen molar-refractivity contribution in [2.45, 2.75) is 44.6 Å². The predicted octanol–water partition coefficient (Wildman–Crippen LogP) is 1.73. The lowest BCUT2D eigenvalue weighted by Gasteiger charge is -2.32. The van der Waals surface area contributed by atoms with E-state index in [0.29, 0.717) is 6.04 Å². The zero-order valence-corrected chi connectivity index (χ0v) is 14.0. The van der Waals surface area contributed by atoms with Gasteiger partial charge in [-0.25, -0.2) is 4.98 Å². The fourth-order valence-electron chi connectivity index (χ4n) is 3.52. The van der Waals surface area contributed by atoms with Gasteiger partial charge in [-0.05, 0) is 31.7 Å². The topological polar surface area (TPSA) is 64.5 Å². The van der Waals surface area contributed by atoms with E-state index in [2.05, 4.69) is 20.1 Å². The third-order valence-corrected chi connectivity index (χ3v) is 4.91. The van der Waals surface area contributed by atoms with Crippen molar-refractivity contribution in [3.05, 3.63) is 12.3 Å². The molecule has 2 aliphatic rings. The van der Waals surface area contributed by atoms with E-state index in [1.165, 1.54) is 25.7 Å². The molecule has 2 fully saturated rings. The number of aliphatic hydroxyl groups is 1. The number of β-amino-alcohol motifs (C(OH)–C–C–N with tert-alkyl or cyclic N) is 1. The van der Waals surface area contributed by atoms with Gasteiger partial charge in [0.25, 0.3) is 0 Å². The highest BCUT2D eigenvalue weighted by molar-refractivity contribution is 5.43. The van der Waals surface area contributed by atoms with E-state index in [9.17, 15) is 0 Å². The lowest BCUT2D eigenvalue weighted by atomic mass is 10.1. The van der Waals surface area contributed by atoms with Crippen molar-refractivity contribution < 1.29 is 5.11 Å². The summed E-state index contributed by atoms with van der Waals surface area (Å²) >= 11 is 0. The summed E-state index contributed by atoms with van der Waals surface area (Å²) in [6.45, 7) is 5.31. The summed E-state index contributed by atoms with van der Waals surface area (Å²) in [6, 6.07) is 2.46. The molecule has 0 atom stereocenters. The van der Waals surface area contributed by atoms with Gasteiger partial charge in [0.15, 0.2) is 0 Å². The normalized spacial score (nSPS) is 21.2. The number of aromatic nitrogens is 2. The highest BCUT2D eigenvalue weighted by Crippen LogP contribution is 2.19. The minimum absolute atomic E-state index is 0.249. The second-order valence-electron chi connectivity index (χ2n) is 6.62. The van der Waals surface area contributed by atoms with Crippen molar-refractivity contribution in [1.82, 2.24) is 14.9 Å². The molecule has 2 N–H and O–H groups in total. The van der Waals surface area contributed by atoms with Crippen LogP contribution >= 0.6 is 0 Å². The first-order valence-corrected chi connectivity index (χ1v) is 9.03. The van der Waals surface area contributed by atoms with E-state index in [1.54, 1.807) is 0 Å². The lowest BCUT2D eigenvalue weighted by Crippen LogP contribution is -2.40. The van der Waals surface area contributed by atoms with E-state index in [-0.39, 0.29) is 6.61 Å². The van der Waals surface area contributed by atoms with Gasteiger partial charge < -0.3 is 20.2 Å². The van der Waals surface area contributed by atoms with Crippen molar-refractivity contribution in [1.29, 1.82) is 0 Å². The number of likely N-dealkylation sites (tertiary alicyclic amines) is 1. The van der Waals surface area contributed by atoms with Gasteiger partial charge in [-0.15, -0.1) is 0 Å². The minimum Gasteiger partial charge on any atom is -0.395 e. The first kappa shape index (κ1) is 16.5. The molecule has 3 heterocycles. The monoisotopic (exact) mass is 319 g/mol. The van der Waals surface area contributed by atoms with Crippen LogP contribution in [0.15, 0.2) is 12.3 Å². The second kappa shape index (κ2) is 8.45.